The lowest BCUT2D eigenvalue weighted by Crippen LogP contribution is -2.29. The Bertz CT molecular complexity index is 337. The van der Waals surface area contributed by atoms with E-state index in [9.17, 15) is 4.21 Å². The summed E-state index contributed by atoms with van der Waals surface area (Å²) < 4.78 is 13.0. The molecule has 1 aromatic rings. The Kier molecular flexibility index (Phi) is 4.55. The summed E-state index contributed by atoms with van der Waals surface area (Å²) in [5.41, 5.74) is 0. The molecule has 2 rings (SSSR count). The van der Waals surface area contributed by atoms with Crippen LogP contribution in [0, 0.1) is 5.92 Å². The fourth-order valence-electron chi connectivity index (χ4n) is 2.51. The summed E-state index contributed by atoms with van der Waals surface area (Å²) in [4.78, 5) is 0. The maximum Gasteiger partial charge on any atom is 0.0910 e. The first-order chi connectivity index (χ1) is 7.81. The molecule has 1 fully saturated rings. The second kappa shape index (κ2) is 5.94. The van der Waals surface area contributed by atoms with Gasteiger partial charge in [0.05, 0.1) is 15.0 Å². The normalized spacial score (nSPS) is 27.1. The van der Waals surface area contributed by atoms with Crippen LogP contribution < -0.4 is 5.32 Å². The van der Waals surface area contributed by atoms with Crippen LogP contribution in [0.5, 0.6) is 0 Å². The average molecular weight is 257 g/mol. The van der Waals surface area contributed by atoms with Crippen molar-refractivity contribution in [1.29, 1.82) is 0 Å². The summed E-state index contributed by atoms with van der Waals surface area (Å²) in [6.45, 7) is 0. The van der Waals surface area contributed by atoms with Gasteiger partial charge in [0.2, 0.25) is 0 Å². The van der Waals surface area contributed by atoms with Crippen molar-refractivity contribution in [2.75, 3.05) is 12.8 Å². The quantitative estimate of drug-likeness (QED) is 0.878. The predicted molar refractivity (Wildman–Crippen MR) is 70.4 cm³/mol. The second-order valence-electron chi connectivity index (χ2n) is 4.36. The molecule has 1 aromatic heterocycles. The van der Waals surface area contributed by atoms with E-state index in [4.69, 9.17) is 0 Å². The van der Waals surface area contributed by atoms with Crippen LogP contribution in [0.2, 0.25) is 0 Å². The van der Waals surface area contributed by atoms with Crippen LogP contribution in [0.3, 0.4) is 0 Å². The van der Waals surface area contributed by atoms with Gasteiger partial charge in [-0.25, -0.2) is 0 Å². The minimum absolute atomic E-state index is 0.653. The molecule has 0 aromatic carbocycles. The Hall–Kier alpha value is -0.190. The number of nitrogens with one attached hydrogen (secondary N) is 1. The molecular formula is C12H19NOS2. The fraction of sp³-hybridized carbons (Fsp3) is 0.667. The molecule has 0 spiro atoms. The largest absolute Gasteiger partial charge is 0.317 e. The zero-order valence-electron chi connectivity index (χ0n) is 9.65. The van der Waals surface area contributed by atoms with E-state index in [0.29, 0.717) is 6.04 Å². The van der Waals surface area contributed by atoms with Crippen molar-refractivity contribution < 1.29 is 4.21 Å². The van der Waals surface area contributed by atoms with Crippen LogP contribution >= 0.6 is 11.3 Å². The highest BCUT2D eigenvalue weighted by molar-refractivity contribution is 7.87. The molecule has 0 saturated heterocycles. The van der Waals surface area contributed by atoms with E-state index in [-0.39, 0.29) is 0 Å². The summed E-state index contributed by atoms with van der Waals surface area (Å²) in [7, 11) is 1.27. The standard InChI is InChI=1S/C12H19NOS2/c1-13-11-5-2-4-10(11)7-9-16(14)12-6-3-8-15-12/h3,6,8,10-11,13H,2,4-5,7,9H2,1H3. The summed E-state index contributed by atoms with van der Waals surface area (Å²) in [6, 6.07) is 4.61. The molecule has 1 N–H and O–H groups in total. The monoisotopic (exact) mass is 257 g/mol. The molecule has 0 amide bonds. The zero-order chi connectivity index (χ0) is 11.4. The van der Waals surface area contributed by atoms with E-state index in [2.05, 4.69) is 5.32 Å². The maximum atomic E-state index is 12.0. The minimum Gasteiger partial charge on any atom is -0.317 e. The highest BCUT2D eigenvalue weighted by Gasteiger charge is 2.25. The molecule has 16 heavy (non-hydrogen) atoms. The zero-order valence-corrected chi connectivity index (χ0v) is 11.3. The van der Waals surface area contributed by atoms with Gasteiger partial charge in [-0.05, 0) is 43.7 Å². The highest BCUT2D eigenvalue weighted by Crippen LogP contribution is 2.29. The lowest BCUT2D eigenvalue weighted by atomic mass is 10.0. The van der Waals surface area contributed by atoms with Crippen molar-refractivity contribution in [3.63, 3.8) is 0 Å². The molecule has 1 aliphatic rings. The van der Waals surface area contributed by atoms with Gasteiger partial charge in [-0.3, -0.25) is 4.21 Å². The van der Waals surface area contributed by atoms with Gasteiger partial charge >= 0.3 is 0 Å². The van der Waals surface area contributed by atoms with Crippen molar-refractivity contribution in [1.82, 2.24) is 5.32 Å². The molecule has 1 heterocycles. The van der Waals surface area contributed by atoms with Gasteiger partial charge in [-0.2, -0.15) is 0 Å². The number of rotatable bonds is 5. The van der Waals surface area contributed by atoms with Crippen molar-refractivity contribution in [2.45, 2.75) is 35.9 Å². The molecule has 4 heteroatoms. The molecule has 1 saturated carbocycles. The van der Waals surface area contributed by atoms with Crippen LogP contribution in [-0.2, 0) is 10.8 Å². The smallest absolute Gasteiger partial charge is 0.0910 e. The van der Waals surface area contributed by atoms with E-state index >= 15 is 0 Å². The molecule has 0 bridgehead atoms. The summed E-state index contributed by atoms with van der Waals surface area (Å²) in [5.74, 6) is 1.55. The summed E-state index contributed by atoms with van der Waals surface area (Å²) in [5, 5.41) is 5.38. The van der Waals surface area contributed by atoms with Crippen LogP contribution in [0.15, 0.2) is 21.7 Å². The molecule has 3 atom stereocenters. The van der Waals surface area contributed by atoms with E-state index in [1.54, 1.807) is 11.3 Å². The van der Waals surface area contributed by atoms with Crippen LogP contribution in [0.4, 0.5) is 0 Å². The van der Waals surface area contributed by atoms with Gasteiger partial charge in [0.25, 0.3) is 0 Å². The highest BCUT2D eigenvalue weighted by atomic mass is 32.2. The molecular weight excluding hydrogens is 238 g/mol. The van der Waals surface area contributed by atoms with E-state index in [1.165, 1.54) is 19.3 Å². The third-order valence-electron chi connectivity index (χ3n) is 3.42. The first kappa shape index (κ1) is 12.3. The van der Waals surface area contributed by atoms with Gasteiger partial charge in [0.15, 0.2) is 0 Å². The van der Waals surface area contributed by atoms with E-state index < -0.39 is 10.8 Å². The predicted octanol–water partition coefficient (Wildman–Crippen LogP) is 2.63. The SMILES string of the molecule is CNC1CCCC1CCS(=O)c1cccs1. The number of hydrogen-bond donors (Lipinski definition) is 1. The van der Waals surface area contributed by atoms with Crippen LogP contribution in [0.25, 0.3) is 0 Å². The third kappa shape index (κ3) is 2.93. The third-order valence-corrected chi connectivity index (χ3v) is 6.12. The van der Waals surface area contributed by atoms with Gasteiger partial charge in [-0.15, -0.1) is 11.3 Å². The number of hydrogen-bond acceptors (Lipinski definition) is 3. The Morgan fingerprint density at radius 3 is 3.12 bits per heavy atom. The first-order valence-corrected chi connectivity index (χ1v) is 8.10. The molecule has 1 aliphatic carbocycles. The van der Waals surface area contributed by atoms with Crippen molar-refractivity contribution in [3.8, 4) is 0 Å². The van der Waals surface area contributed by atoms with Gasteiger partial charge < -0.3 is 5.32 Å². The van der Waals surface area contributed by atoms with E-state index in [0.717, 1.165) is 22.3 Å². The summed E-state index contributed by atoms with van der Waals surface area (Å²) >= 11 is 1.60. The Balaban J connectivity index is 1.81. The van der Waals surface area contributed by atoms with Crippen LogP contribution in [-0.4, -0.2) is 23.1 Å². The van der Waals surface area contributed by atoms with Gasteiger partial charge in [-0.1, -0.05) is 12.5 Å². The average Bonchev–Trinajstić information content (AvgIpc) is 2.96. The lowest BCUT2D eigenvalue weighted by molar-refractivity contribution is 0.416. The fourth-order valence-corrected chi connectivity index (χ4v) is 4.76. The van der Waals surface area contributed by atoms with Gasteiger partial charge in [0, 0.05) is 11.8 Å². The van der Waals surface area contributed by atoms with Gasteiger partial charge in [0.1, 0.15) is 0 Å². The van der Waals surface area contributed by atoms with Crippen molar-refractivity contribution >= 4 is 22.1 Å². The topological polar surface area (TPSA) is 29.1 Å². The second-order valence-corrected chi connectivity index (χ2v) is 7.10. The van der Waals surface area contributed by atoms with E-state index in [1.807, 2.05) is 24.6 Å². The summed E-state index contributed by atoms with van der Waals surface area (Å²) in [6.07, 6.45) is 5.00. The Morgan fingerprint density at radius 2 is 2.44 bits per heavy atom. The lowest BCUT2D eigenvalue weighted by Gasteiger charge is -2.18. The molecule has 0 radical (unpaired) electrons. The first-order valence-electron chi connectivity index (χ1n) is 5.90. The molecule has 3 unspecified atom stereocenters. The Labute approximate surface area is 104 Å². The number of thiophene rings is 1. The van der Waals surface area contributed by atoms with Crippen molar-refractivity contribution in [2.24, 2.45) is 5.92 Å². The molecule has 0 aliphatic heterocycles. The maximum absolute atomic E-state index is 12.0. The molecule has 2 nitrogen and oxygen atoms in total. The van der Waals surface area contributed by atoms with Crippen molar-refractivity contribution in [3.05, 3.63) is 17.5 Å². The minimum atomic E-state index is -0.774. The Morgan fingerprint density at radius 1 is 1.56 bits per heavy atom. The van der Waals surface area contributed by atoms with Crippen LogP contribution in [0.1, 0.15) is 25.7 Å². The molecule has 90 valence electrons.